The molecule has 0 radical (unpaired) electrons. The van der Waals surface area contributed by atoms with Crippen LogP contribution >= 0.6 is 0 Å². The second-order valence-electron chi connectivity index (χ2n) is 4.57. The first-order valence-corrected chi connectivity index (χ1v) is 5.95. The van der Waals surface area contributed by atoms with Crippen LogP contribution in [-0.2, 0) is 0 Å². The number of nitrogens with zero attached hydrogens (tertiary/aromatic N) is 3. The molecule has 3 rings (SSSR count). The van der Waals surface area contributed by atoms with Gasteiger partial charge in [0, 0.05) is 0 Å². The van der Waals surface area contributed by atoms with Crippen molar-refractivity contribution in [3.63, 3.8) is 0 Å². The molecule has 3 aromatic rings. The molecule has 20 heavy (non-hydrogen) atoms. The number of H-pyrrole nitrogens is 1. The molecule has 0 fully saturated rings. The van der Waals surface area contributed by atoms with Crippen LogP contribution < -0.4 is 11.2 Å². The van der Waals surface area contributed by atoms with Gasteiger partial charge in [0.05, 0.1) is 11.8 Å². The fraction of sp³-hybridized carbons (Fsp3) is 0.154. The third kappa shape index (κ3) is 1.67. The van der Waals surface area contributed by atoms with Crippen LogP contribution in [0, 0.1) is 19.8 Å². The number of fused-ring (bicyclic) bond motifs is 1. The van der Waals surface area contributed by atoms with E-state index in [4.69, 9.17) is 0 Å². The minimum atomic E-state index is -0.941. The maximum absolute atomic E-state index is 13.7. The first-order chi connectivity index (χ1) is 9.49. The van der Waals surface area contributed by atoms with Gasteiger partial charge in [-0.25, -0.2) is 18.9 Å². The lowest BCUT2D eigenvalue weighted by atomic mass is 10.1. The Labute approximate surface area is 112 Å². The highest BCUT2D eigenvalue weighted by Crippen LogP contribution is 2.14. The highest BCUT2D eigenvalue weighted by molar-refractivity contribution is 5.46. The van der Waals surface area contributed by atoms with Crippen molar-refractivity contribution in [1.82, 2.24) is 19.2 Å². The van der Waals surface area contributed by atoms with Crippen molar-refractivity contribution in [3.8, 4) is 5.69 Å². The maximum atomic E-state index is 13.7. The van der Waals surface area contributed by atoms with E-state index in [1.807, 2.05) is 19.9 Å². The number of hydrogen-bond acceptors (Lipinski definition) is 3. The molecular formula is C13H11FN4O2. The Balaban J connectivity index is 2.44. The summed E-state index contributed by atoms with van der Waals surface area (Å²) in [6.45, 7) is 3.85. The fourth-order valence-corrected chi connectivity index (χ4v) is 2.07. The Morgan fingerprint density at radius 2 is 1.90 bits per heavy atom. The summed E-state index contributed by atoms with van der Waals surface area (Å²) in [5.74, 6) is -1.02. The quantitative estimate of drug-likeness (QED) is 0.671. The molecule has 102 valence electrons. The van der Waals surface area contributed by atoms with Gasteiger partial charge < -0.3 is 0 Å². The van der Waals surface area contributed by atoms with Gasteiger partial charge in [0.1, 0.15) is 0 Å². The smallest absolute Gasteiger partial charge is 0.269 e. The maximum Gasteiger partial charge on any atom is 0.351 e. The summed E-state index contributed by atoms with van der Waals surface area (Å²) in [6.07, 6.45) is 0. The molecule has 0 amide bonds. The Kier molecular flexibility index (Phi) is 2.56. The standard InChI is InChI=1S/C13H11FN4O2/c1-7-3-4-9(5-8(7)2)17-11(19)6-10(14)18-12(17)15-16-13(18)20/h3-6H,1-2H3,(H,16,20). The fourth-order valence-electron chi connectivity index (χ4n) is 2.07. The second kappa shape index (κ2) is 4.16. The monoisotopic (exact) mass is 274 g/mol. The third-order valence-electron chi connectivity index (χ3n) is 3.28. The molecule has 0 atom stereocenters. The van der Waals surface area contributed by atoms with E-state index in [0.29, 0.717) is 5.69 Å². The summed E-state index contributed by atoms with van der Waals surface area (Å²) in [5, 5.41) is 5.86. The number of aryl methyl sites for hydroxylation is 2. The SMILES string of the molecule is Cc1ccc(-n2c(=O)cc(F)n3c(=O)[nH]nc23)cc1C. The summed E-state index contributed by atoms with van der Waals surface area (Å²) >= 11 is 0. The lowest BCUT2D eigenvalue weighted by Gasteiger charge is -2.09. The predicted octanol–water partition coefficient (Wildman–Crippen LogP) is 0.929. The minimum absolute atomic E-state index is 0.0803. The molecule has 0 aliphatic heterocycles. The van der Waals surface area contributed by atoms with Crippen molar-refractivity contribution in [2.45, 2.75) is 13.8 Å². The highest BCUT2D eigenvalue weighted by Gasteiger charge is 2.14. The van der Waals surface area contributed by atoms with Crippen LogP contribution in [0.5, 0.6) is 0 Å². The van der Waals surface area contributed by atoms with Crippen LogP contribution in [-0.4, -0.2) is 19.2 Å². The number of hydrogen-bond donors (Lipinski definition) is 1. The van der Waals surface area contributed by atoms with Gasteiger partial charge in [-0.3, -0.25) is 4.79 Å². The number of benzene rings is 1. The average Bonchev–Trinajstić information content (AvgIpc) is 2.76. The molecule has 1 N–H and O–H groups in total. The van der Waals surface area contributed by atoms with Gasteiger partial charge in [0.2, 0.25) is 11.7 Å². The summed E-state index contributed by atoms with van der Waals surface area (Å²) in [7, 11) is 0. The number of nitrogens with one attached hydrogen (secondary N) is 1. The molecule has 0 aliphatic rings. The number of halogens is 1. The summed E-state index contributed by atoms with van der Waals surface area (Å²) in [5.41, 5.74) is 1.27. The van der Waals surface area contributed by atoms with Crippen molar-refractivity contribution in [3.05, 3.63) is 62.2 Å². The van der Waals surface area contributed by atoms with Crippen LogP contribution in [0.2, 0.25) is 0 Å². The third-order valence-corrected chi connectivity index (χ3v) is 3.28. The van der Waals surface area contributed by atoms with Crippen LogP contribution in [0.3, 0.4) is 0 Å². The first-order valence-electron chi connectivity index (χ1n) is 5.95. The molecule has 0 aliphatic carbocycles. The van der Waals surface area contributed by atoms with E-state index in [1.165, 1.54) is 4.57 Å². The van der Waals surface area contributed by atoms with E-state index in [-0.39, 0.29) is 5.78 Å². The normalized spacial score (nSPS) is 11.2. The average molecular weight is 274 g/mol. The van der Waals surface area contributed by atoms with Crippen molar-refractivity contribution in [1.29, 1.82) is 0 Å². The molecule has 1 aromatic carbocycles. The lowest BCUT2D eigenvalue weighted by molar-refractivity contribution is 0.552. The van der Waals surface area contributed by atoms with Gasteiger partial charge in [-0.2, -0.15) is 4.39 Å². The van der Waals surface area contributed by atoms with E-state index in [9.17, 15) is 14.0 Å². The van der Waals surface area contributed by atoms with Crippen molar-refractivity contribution in [2.75, 3.05) is 0 Å². The van der Waals surface area contributed by atoms with E-state index in [0.717, 1.165) is 21.6 Å². The molecule has 2 heterocycles. The van der Waals surface area contributed by atoms with Gasteiger partial charge in [0.15, 0.2) is 0 Å². The summed E-state index contributed by atoms with van der Waals surface area (Å²) < 4.78 is 15.6. The Bertz CT molecular complexity index is 936. The van der Waals surface area contributed by atoms with Crippen LogP contribution in [0.25, 0.3) is 11.5 Å². The van der Waals surface area contributed by atoms with Gasteiger partial charge >= 0.3 is 5.69 Å². The molecule has 0 bridgehead atoms. The van der Waals surface area contributed by atoms with Crippen LogP contribution in [0.1, 0.15) is 11.1 Å². The molecule has 2 aromatic heterocycles. The summed E-state index contributed by atoms with van der Waals surface area (Å²) in [4.78, 5) is 23.5. The van der Waals surface area contributed by atoms with E-state index in [2.05, 4.69) is 10.2 Å². The van der Waals surface area contributed by atoms with Crippen LogP contribution in [0.4, 0.5) is 4.39 Å². The van der Waals surface area contributed by atoms with Crippen molar-refractivity contribution < 1.29 is 4.39 Å². The highest BCUT2D eigenvalue weighted by atomic mass is 19.1. The lowest BCUT2D eigenvalue weighted by Crippen LogP contribution is -2.25. The molecule has 0 spiro atoms. The number of aromatic amines is 1. The first kappa shape index (κ1) is 12.3. The van der Waals surface area contributed by atoms with Gasteiger partial charge in [0.25, 0.3) is 5.56 Å². The molecule has 0 unspecified atom stereocenters. The van der Waals surface area contributed by atoms with E-state index >= 15 is 0 Å². The Morgan fingerprint density at radius 1 is 1.15 bits per heavy atom. The Hall–Kier alpha value is -2.70. The molecule has 0 saturated carbocycles. The summed E-state index contributed by atoms with van der Waals surface area (Å²) in [6, 6.07) is 6.12. The van der Waals surface area contributed by atoms with Gasteiger partial charge in [-0.05, 0) is 37.1 Å². The van der Waals surface area contributed by atoms with Gasteiger partial charge in [-0.15, -0.1) is 5.10 Å². The second-order valence-corrected chi connectivity index (χ2v) is 4.57. The largest absolute Gasteiger partial charge is 0.351 e. The zero-order valence-electron chi connectivity index (χ0n) is 10.8. The van der Waals surface area contributed by atoms with Crippen molar-refractivity contribution >= 4 is 5.78 Å². The molecule has 6 nitrogen and oxygen atoms in total. The number of rotatable bonds is 1. The topological polar surface area (TPSA) is 72.2 Å². The van der Waals surface area contributed by atoms with E-state index in [1.54, 1.807) is 12.1 Å². The zero-order chi connectivity index (χ0) is 14.4. The molecule has 0 saturated heterocycles. The van der Waals surface area contributed by atoms with E-state index < -0.39 is 17.2 Å². The zero-order valence-corrected chi connectivity index (χ0v) is 10.8. The number of aromatic nitrogens is 4. The van der Waals surface area contributed by atoms with Crippen LogP contribution in [0.15, 0.2) is 33.9 Å². The molecule has 7 heteroatoms. The minimum Gasteiger partial charge on any atom is -0.269 e. The van der Waals surface area contributed by atoms with Gasteiger partial charge in [-0.1, -0.05) is 6.07 Å². The Morgan fingerprint density at radius 3 is 2.60 bits per heavy atom. The van der Waals surface area contributed by atoms with Crippen molar-refractivity contribution in [2.24, 2.45) is 0 Å². The predicted molar refractivity (Wildman–Crippen MR) is 70.8 cm³/mol. The molecular weight excluding hydrogens is 263 g/mol.